The fraction of sp³-hybridized carbons (Fsp3) is 0.0909. The van der Waals surface area contributed by atoms with Gasteiger partial charge in [0, 0.05) is 0 Å². The van der Waals surface area contributed by atoms with E-state index in [2.05, 4.69) is 10.6 Å². The van der Waals surface area contributed by atoms with Crippen molar-refractivity contribution in [3.63, 3.8) is 0 Å². The van der Waals surface area contributed by atoms with Gasteiger partial charge in [-0.25, -0.2) is 9.59 Å². The van der Waals surface area contributed by atoms with Crippen LogP contribution < -0.4 is 16.1 Å². The number of anilines is 2. The minimum atomic E-state index is -1.75. The van der Waals surface area contributed by atoms with Crippen LogP contribution in [0.3, 0.4) is 0 Å². The van der Waals surface area contributed by atoms with Crippen molar-refractivity contribution in [1.82, 2.24) is 0 Å². The molecule has 9 heteroatoms. The number of amides is 2. The molecule has 0 aromatic heterocycles. The van der Waals surface area contributed by atoms with Gasteiger partial charge in [0.2, 0.25) is 0 Å². The molecule has 3 aromatic carbocycles. The molecule has 0 saturated heterocycles. The van der Waals surface area contributed by atoms with E-state index >= 15 is 0 Å². The van der Waals surface area contributed by atoms with Crippen molar-refractivity contribution in [3.8, 4) is 0 Å². The van der Waals surface area contributed by atoms with Gasteiger partial charge in [0.25, 0.3) is 0 Å². The van der Waals surface area contributed by atoms with E-state index in [1.165, 1.54) is 18.2 Å². The highest BCUT2D eigenvalue weighted by atomic mass is 16.6. The quantitative estimate of drug-likeness (QED) is 0.437. The monoisotopic (exact) mass is 420 g/mol. The number of benzene rings is 3. The third-order valence-corrected chi connectivity index (χ3v) is 4.24. The summed E-state index contributed by atoms with van der Waals surface area (Å²) in [6.07, 6.45) is -1.50. The number of hydrogen-bond donors (Lipinski definition) is 4. The van der Waals surface area contributed by atoms with Crippen molar-refractivity contribution in [2.24, 2.45) is 0 Å². The first-order valence-electron chi connectivity index (χ1n) is 9.47. The standard InChI is InChI=1S/C22H21BN2O6/c26-21(30-14-16-7-3-1-4-8-16)24-19-12-11-18(23(28)29)13-20(19)25-22(27)31-15-17-9-5-2-6-10-17/h1-13,28-29H,14-15H2,(H,24,26)(H,25,27). The first-order valence-corrected chi connectivity index (χ1v) is 9.47. The average Bonchev–Trinajstić information content (AvgIpc) is 2.79. The Labute approximate surface area is 179 Å². The van der Waals surface area contributed by atoms with Crippen molar-refractivity contribution in [3.05, 3.63) is 90.0 Å². The molecule has 0 fully saturated rings. The van der Waals surface area contributed by atoms with E-state index in [0.717, 1.165) is 11.1 Å². The van der Waals surface area contributed by atoms with Crippen molar-refractivity contribution >= 4 is 36.1 Å². The van der Waals surface area contributed by atoms with Gasteiger partial charge in [-0.05, 0) is 28.7 Å². The number of nitrogens with one attached hydrogen (secondary N) is 2. The molecule has 158 valence electrons. The third kappa shape index (κ3) is 6.88. The zero-order valence-electron chi connectivity index (χ0n) is 16.5. The topological polar surface area (TPSA) is 117 Å². The van der Waals surface area contributed by atoms with Gasteiger partial charge in [-0.15, -0.1) is 0 Å². The molecule has 0 aliphatic carbocycles. The number of carbonyl (C=O) groups is 2. The van der Waals surface area contributed by atoms with Gasteiger partial charge in [0.15, 0.2) is 0 Å². The molecule has 0 unspecified atom stereocenters. The van der Waals surface area contributed by atoms with Crippen LogP contribution in [0.15, 0.2) is 78.9 Å². The van der Waals surface area contributed by atoms with E-state index < -0.39 is 19.3 Å². The molecule has 0 bridgehead atoms. The highest BCUT2D eigenvalue weighted by molar-refractivity contribution is 6.58. The Morgan fingerprint density at radius 3 is 1.68 bits per heavy atom. The number of ether oxygens (including phenoxy) is 2. The van der Waals surface area contributed by atoms with Gasteiger partial charge in [-0.2, -0.15) is 0 Å². The summed E-state index contributed by atoms with van der Waals surface area (Å²) in [7, 11) is -1.75. The Morgan fingerprint density at radius 1 is 0.710 bits per heavy atom. The minimum absolute atomic E-state index is 0.0524. The highest BCUT2D eigenvalue weighted by Crippen LogP contribution is 2.21. The Kier molecular flexibility index (Phi) is 7.64. The molecule has 0 atom stereocenters. The fourth-order valence-electron chi connectivity index (χ4n) is 2.67. The van der Waals surface area contributed by atoms with E-state index in [0.29, 0.717) is 0 Å². The van der Waals surface area contributed by atoms with Gasteiger partial charge in [-0.3, -0.25) is 10.6 Å². The molecule has 0 aliphatic heterocycles. The van der Waals surface area contributed by atoms with Crippen molar-refractivity contribution in [2.75, 3.05) is 10.6 Å². The van der Waals surface area contributed by atoms with Crippen LogP contribution in [0.5, 0.6) is 0 Å². The second kappa shape index (κ2) is 10.8. The maximum absolute atomic E-state index is 12.2. The average molecular weight is 420 g/mol. The zero-order valence-corrected chi connectivity index (χ0v) is 16.5. The lowest BCUT2D eigenvalue weighted by Crippen LogP contribution is -2.30. The Bertz CT molecular complexity index is 1020. The van der Waals surface area contributed by atoms with Gasteiger partial charge >= 0.3 is 19.3 Å². The summed E-state index contributed by atoms with van der Waals surface area (Å²) < 4.78 is 10.4. The predicted molar refractivity (Wildman–Crippen MR) is 117 cm³/mol. The lowest BCUT2D eigenvalue weighted by Gasteiger charge is -2.14. The maximum Gasteiger partial charge on any atom is 0.488 e. The van der Waals surface area contributed by atoms with E-state index in [9.17, 15) is 19.6 Å². The smallest absolute Gasteiger partial charge is 0.444 e. The largest absolute Gasteiger partial charge is 0.488 e. The molecule has 3 rings (SSSR count). The van der Waals surface area contributed by atoms with Crippen LogP contribution in [0.4, 0.5) is 21.0 Å². The molecule has 0 aliphatic rings. The molecular weight excluding hydrogens is 399 g/mol. The SMILES string of the molecule is O=C(Nc1ccc(B(O)O)cc1NC(=O)OCc1ccccc1)OCc1ccccc1. The predicted octanol–water partition coefficient (Wildman–Crippen LogP) is 2.86. The van der Waals surface area contributed by atoms with Crippen LogP contribution >= 0.6 is 0 Å². The second-order valence-corrected chi connectivity index (χ2v) is 6.55. The Hall–Kier alpha value is -3.82. The van der Waals surface area contributed by atoms with Crippen LogP contribution in [0.25, 0.3) is 0 Å². The normalized spacial score (nSPS) is 10.1. The molecule has 4 N–H and O–H groups in total. The molecule has 0 spiro atoms. The van der Waals surface area contributed by atoms with E-state index in [1.807, 2.05) is 60.7 Å². The number of carbonyl (C=O) groups excluding carboxylic acids is 2. The molecule has 0 heterocycles. The third-order valence-electron chi connectivity index (χ3n) is 4.24. The van der Waals surface area contributed by atoms with Crippen molar-refractivity contribution in [2.45, 2.75) is 13.2 Å². The summed E-state index contributed by atoms with van der Waals surface area (Å²) in [5.74, 6) is 0. The molecule has 31 heavy (non-hydrogen) atoms. The minimum Gasteiger partial charge on any atom is -0.444 e. The van der Waals surface area contributed by atoms with Crippen LogP contribution in [0.1, 0.15) is 11.1 Å². The number of hydrogen-bond acceptors (Lipinski definition) is 6. The molecule has 8 nitrogen and oxygen atoms in total. The van der Waals surface area contributed by atoms with Crippen molar-refractivity contribution < 1.29 is 29.1 Å². The molecule has 2 amide bonds. The highest BCUT2D eigenvalue weighted by Gasteiger charge is 2.17. The Balaban J connectivity index is 1.65. The molecule has 3 aromatic rings. The summed E-state index contributed by atoms with van der Waals surface area (Å²) in [5, 5.41) is 23.9. The lowest BCUT2D eigenvalue weighted by molar-refractivity contribution is 0.154. The van der Waals surface area contributed by atoms with Crippen LogP contribution in [0.2, 0.25) is 0 Å². The molecule has 0 saturated carbocycles. The summed E-state index contributed by atoms with van der Waals surface area (Å²) >= 11 is 0. The summed E-state index contributed by atoms with van der Waals surface area (Å²) in [5.41, 5.74) is 2.08. The summed E-state index contributed by atoms with van der Waals surface area (Å²) in [6, 6.07) is 22.4. The maximum atomic E-state index is 12.2. The number of rotatable bonds is 7. The van der Waals surface area contributed by atoms with Crippen LogP contribution in [0, 0.1) is 0 Å². The van der Waals surface area contributed by atoms with E-state index in [-0.39, 0.29) is 30.1 Å². The zero-order chi connectivity index (χ0) is 22.1. The van der Waals surface area contributed by atoms with Crippen molar-refractivity contribution in [1.29, 1.82) is 0 Å². The van der Waals surface area contributed by atoms with Crippen LogP contribution in [-0.4, -0.2) is 29.4 Å². The van der Waals surface area contributed by atoms with E-state index in [1.54, 1.807) is 0 Å². The fourth-order valence-corrected chi connectivity index (χ4v) is 2.67. The van der Waals surface area contributed by atoms with Gasteiger partial charge in [-0.1, -0.05) is 66.7 Å². The Morgan fingerprint density at radius 2 is 1.19 bits per heavy atom. The molecular formula is C22H21BN2O6. The lowest BCUT2D eigenvalue weighted by atomic mass is 9.80. The van der Waals surface area contributed by atoms with E-state index in [4.69, 9.17) is 9.47 Å². The summed E-state index contributed by atoms with van der Waals surface area (Å²) in [4.78, 5) is 24.4. The molecule has 0 radical (unpaired) electrons. The first-order chi connectivity index (χ1) is 15.0. The first kappa shape index (κ1) is 21.9. The van der Waals surface area contributed by atoms with Gasteiger partial charge < -0.3 is 19.5 Å². The van der Waals surface area contributed by atoms with Gasteiger partial charge in [0.1, 0.15) is 13.2 Å². The summed E-state index contributed by atoms with van der Waals surface area (Å²) in [6.45, 7) is 0.124. The van der Waals surface area contributed by atoms with Crippen LogP contribution in [-0.2, 0) is 22.7 Å². The second-order valence-electron chi connectivity index (χ2n) is 6.55. The van der Waals surface area contributed by atoms with Gasteiger partial charge in [0.05, 0.1) is 11.4 Å².